The second kappa shape index (κ2) is 6.78. The smallest absolute Gasteiger partial charge is 0.239 e. The molecule has 2 aliphatic rings. The van der Waals surface area contributed by atoms with Crippen LogP contribution < -0.4 is 5.73 Å². The largest absolute Gasteiger partial charge is 0.338 e. The molecule has 0 aromatic rings. The van der Waals surface area contributed by atoms with E-state index in [1.807, 2.05) is 4.90 Å². The first-order valence-electron chi connectivity index (χ1n) is 6.99. The Kier molecular flexibility index (Phi) is 5.33. The molecule has 0 radical (unpaired) electrons. The van der Waals surface area contributed by atoms with E-state index in [4.69, 9.17) is 5.73 Å². The Bertz CT molecular complexity index is 287. The molecular weight excluding hydrogens is 246 g/mol. The van der Waals surface area contributed by atoms with E-state index in [-0.39, 0.29) is 11.9 Å². The van der Waals surface area contributed by atoms with Crippen LogP contribution in [0.3, 0.4) is 0 Å². The van der Waals surface area contributed by atoms with Gasteiger partial charge in [-0.3, -0.25) is 9.69 Å². The first kappa shape index (κ1) is 14.2. The fraction of sp³-hybridized carbons (Fsp3) is 0.923. The molecule has 2 aliphatic heterocycles. The van der Waals surface area contributed by atoms with Crippen LogP contribution in [0.5, 0.6) is 0 Å². The van der Waals surface area contributed by atoms with Gasteiger partial charge in [0.05, 0.1) is 6.04 Å². The molecule has 1 unspecified atom stereocenters. The van der Waals surface area contributed by atoms with E-state index in [0.717, 1.165) is 31.8 Å². The molecular formula is C13H25N3OS. The zero-order valence-corrected chi connectivity index (χ0v) is 12.1. The fourth-order valence-electron chi connectivity index (χ4n) is 2.96. The normalized spacial score (nSPS) is 26.8. The number of rotatable bonds is 4. The number of fused-ring (bicyclic) bond motifs is 1. The first-order chi connectivity index (χ1) is 8.72. The van der Waals surface area contributed by atoms with Crippen molar-refractivity contribution in [3.8, 4) is 0 Å². The molecule has 0 aromatic carbocycles. The van der Waals surface area contributed by atoms with Crippen LogP contribution in [-0.2, 0) is 4.79 Å². The van der Waals surface area contributed by atoms with Crippen LogP contribution in [0.25, 0.3) is 0 Å². The molecule has 2 rings (SSSR count). The van der Waals surface area contributed by atoms with Gasteiger partial charge in [-0.1, -0.05) is 6.42 Å². The average molecular weight is 271 g/mol. The molecule has 0 spiro atoms. The van der Waals surface area contributed by atoms with E-state index in [1.54, 1.807) is 11.8 Å². The lowest BCUT2D eigenvalue weighted by atomic mass is 9.99. The molecule has 2 N–H and O–H groups in total. The summed E-state index contributed by atoms with van der Waals surface area (Å²) >= 11 is 1.75. The number of thioether (sulfide) groups is 1. The summed E-state index contributed by atoms with van der Waals surface area (Å²) in [5.74, 6) is 1.13. The predicted molar refractivity (Wildman–Crippen MR) is 76.8 cm³/mol. The van der Waals surface area contributed by atoms with Crippen molar-refractivity contribution in [2.75, 3.05) is 38.2 Å². The molecule has 5 heteroatoms. The Balaban J connectivity index is 1.84. The molecule has 2 fully saturated rings. The quantitative estimate of drug-likeness (QED) is 0.820. The standard InChI is InChI=1S/C13H25N3OS/c1-18-9-5-12(14)13(17)16-8-7-15-6-3-2-4-11(15)10-16/h11-12H,2-10,14H2,1H3/t11?,12-/m1/s1. The number of piperazine rings is 1. The summed E-state index contributed by atoms with van der Waals surface area (Å²) in [7, 11) is 0. The van der Waals surface area contributed by atoms with Crippen molar-refractivity contribution >= 4 is 17.7 Å². The highest BCUT2D eigenvalue weighted by Gasteiger charge is 2.32. The second-order valence-corrected chi connectivity index (χ2v) is 6.34. The summed E-state index contributed by atoms with van der Waals surface area (Å²) in [4.78, 5) is 16.8. The number of hydrogen-bond donors (Lipinski definition) is 1. The van der Waals surface area contributed by atoms with Gasteiger partial charge in [-0.15, -0.1) is 0 Å². The summed E-state index contributed by atoms with van der Waals surface area (Å²) in [6.45, 7) is 4.00. The highest BCUT2D eigenvalue weighted by atomic mass is 32.2. The summed E-state index contributed by atoms with van der Waals surface area (Å²) in [6, 6.07) is 0.289. The summed E-state index contributed by atoms with van der Waals surface area (Å²) < 4.78 is 0. The van der Waals surface area contributed by atoms with Crippen molar-refractivity contribution in [3.05, 3.63) is 0 Å². The Morgan fingerprint density at radius 1 is 1.39 bits per heavy atom. The third-order valence-electron chi connectivity index (χ3n) is 4.10. The molecule has 4 nitrogen and oxygen atoms in total. The molecule has 0 saturated carbocycles. The van der Waals surface area contributed by atoms with E-state index in [1.165, 1.54) is 25.8 Å². The van der Waals surface area contributed by atoms with E-state index >= 15 is 0 Å². The predicted octanol–water partition coefficient (Wildman–Crippen LogP) is 0.764. The summed E-state index contributed by atoms with van der Waals surface area (Å²) in [6.07, 6.45) is 6.71. The molecule has 0 bridgehead atoms. The van der Waals surface area contributed by atoms with E-state index in [9.17, 15) is 4.79 Å². The average Bonchev–Trinajstić information content (AvgIpc) is 2.43. The van der Waals surface area contributed by atoms with Gasteiger partial charge in [-0.25, -0.2) is 0 Å². The molecule has 2 saturated heterocycles. The van der Waals surface area contributed by atoms with Crippen molar-refractivity contribution in [1.82, 2.24) is 9.80 Å². The van der Waals surface area contributed by atoms with Gasteiger partial charge < -0.3 is 10.6 Å². The van der Waals surface area contributed by atoms with Gasteiger partial charge in [-0.05, 0) is 37.8 Å². The van der Waals surface area contributed by atoms with Gasteiger partial charge in [0.1, 0.15) is 0 Å². The summed E-state index contributed by atoms with van der Waals surface area (Å²) in [5, 5.41) is 0. The van der Waals surface area contributed by atoms with Crippen molar-refractivity contribution < 1.29 is 4.79 Å². The Labute approximate surface area is 114 Å². The van der Waals surface area contributed by atoms with E-state index in [2.05, 4.69) is 11.2 Å². The highest BCUT2D eigenvalue weighted by Crippen LogP contribution is 2.21. The van der Waals surface area contributed by atoms with Crippen LogP contribution in [0.15, 0.2) is 0 Å². The molecule has 104 valence electrons. The number of nitrogens with two attached hydrogens (primary N) is 1. The minimum absolute atomic E-state index is 0.161. The van der Waals surface area contributed by atoms with Gasteiger partial charge in [0.2, 0.25) is 5.91 Å². The van der Waals surface area contributed by atoms with Gasteiger partial charge in [0.25, 0.3) is 0 Å². The van der Waals surface area contributed by atoms with Crippen LogP contribution in [0.4, 0.5) is 0 Å². The van der Waals surface area contributed by atoms with E-state index in [0.29, 0.717) is 6.04 Å². The van der Waals surface area contributed by atoms with Crippen LogP contribution in [0.2, 0.25) is 0 Å². The lowest BCUT2D eigenvalue weighted by Crippen LogP contribution is -2.58. The third-order valence-corrected chi connectivity index (χ3v) is 4.74. The highest BCUT2D eigenvalue weighted by molar-refractivity contribution is 7.98. The van der Waals surface area contributed by atoms with Crippen LogP contribution in [0.1, 0.15) is 25.7 Å². The van der Waals surface area contributed by atoms with Crippen LogP contribution in [-0.4, -0.2) is 66.0 Å². The Morgan fingerprint density at radius 3 is 3.00 bits per heavy atom. The van der Waals surface area contributed by atoms with Gasteiger partial charge in [0.15, 0.2) is 0 Å². The van der Waals surface area contributed by atoms with Crippen molar-refractivity contribution in [1.29, 1.82) is 0 Å². The SMILES string of the molecule is CSCC[C@@H](N)C(=O)N1CCN2CCCCC2C1. The maximum Gasteiger partial charge on any atom is 0.239 e. The lowest BCUT2D eigenvalue weighted by molar-refractivity contribution is -0.136. The van der Waals surface area contributed by atoms with Gasteiger partial charge >= 0.3 is 0 Å². The minimum Gasteiger partial charge on any atom is -0.338 e. The maximum absolute atomic E-state index is 12.3. The number of carbonyl (C=O) groups excluding carboxylic acids is 1. The zero-order valence-electron chi connectivity index (χ0n) is 11.3. The first-order valence-corrected chi connectivity index (χ1v) is 8.39. The molecule has 2 heterocycles. The topological polar surface area (TPSA) is 49.6 Å². The maximum atomic E-state index is 12.3. The Morgan fingerprint density at radius 2 is 2.22 bits per heavy atom. The van der Waals surface area contributed by atoms with Crippen molar-refractivity contribution in [2.24, 2.45) is 5.73 Å². The zero-order chi connectivity index (χ0) is 13.0. The van der Waals surface area contributed by atoms with Gasteiger partial charge in [-0.2, -0.15) is 11.8 Å². The van der Waals surface area contributed by atoms with E-state index < -0.39 is 0 Å². The van der Waals surface area contributed by atoms with Crippen molar-refractivity contribution in [2.45, 2.75) is 37.8 Å². The molecule has 18 heavy (non-hydrogen) atoms. The molecule has 1 amide bonds. The number of amides is 1. The lowest BCUT2D eigenvalue weighted by Gasteiger charge is -2.44. The molecule has 0 aromatic heterocycles. The fourth-order valence-corrected chi connectivity index (χ4v) is 3.45. The van der Waals surface area contributed by atoms with Crippen LogP contribution >= 0.6 is 11.8 Å². The Hall–Kier alpha value is -0.260. The monoisotopic (exact) mass is 271 g/mol. The number of nitrogens with zero attached hydrogens (tertiary/aromatic N) is 2. The number of piperidine rings is 1. The molecule has 2 atom stereocenters. The van der Waals surface area contributed by atoms with Crippen molar-refractivity contribution in [3.63, 3.8) is 0 Å². The number of carbonyl (C=O) groups is 1. The molecule has 0 aliphatic carbocycles. The second-order valence-electron chi connectivity index (χ2n) is 5.36. The minimum atomic E-state index is -0.299. The van der Waals surface area contributed by atoms with Gasteiger partial charge in [0, 0.05) is 25.7 Å². The number of hydrogen-bond acceptors (Lipinski definition) is 4. The third kappa shape index (κ3) is 3.39. The summed E-state index contributed by atoms with van der Waals surface area (Å²) in [5.41, 5.74) is 5.98. The van der Waals surface area contributed by atoms with Crippen LogP contribution in [0, 0.1) is 0 Å².